The van der Waals surface area contributed by atoms with Crippen molar-refractivity contribution < 1.29 is 0 Å². The summed E-state index contributed by atoms with van der Waals surface area (Å²) in [4.78, 5) is 0. The van der Waals surface area contributed by atoms with Gasteiger partial charge in [0.15, 0.2) is 0 Å². The summed E-state index contributed by atoms with van der Waals surface area (Å²) in [5.74, 6) is 0.881. The molecule has 1 unspecified atom stereocenters. The highest BCUT2D eigenvalue weighted by Crippen LogP contribution is 2.27. The Morgan fingerprint density at radius 3 is 2.28 bits per heavy atom. The molecule has 2 rings (SSSR count). The van der Waals surface area contributed by atoms with Crippen LogP contribution in [-0.4, -0.2) is 5.88 Å². The summed E-state index contributed by atoms with van der Waals surface area (Å²) in [5.41, 5.74) is 2.39. The van der Waals surface area contributed by atoms with E-state index in [0.29, 0.717) is 11.8 Å². The van der Waals surface area contributed by atoms with Crippen molar-refractivity contribution in [2.24, 2.45) is 0 Å². The van der Waals surface area contributed by atoms with Crippen LogP contribution < -0.4 is 0 Å². The predicted molar refractivity (Wildman–Crippen MR) is 82.8 cm³/mol. The van der Waals surface area contributed by atoms with Gasteiger partial charge in [-0.25, -0.2) is 0 Å². The normalized spacial score (nSPS) is 12.4. The van der Waals surface area contributed by atoms with Crippen molar-refractivity contribution >= 4 is 39.1 Å². The Labute approximate surface area is 126 Å². The first-order chi connectivity index (χ1) is 8.70. The molecule has 0 nitrogen and oxygen atoms in total. The first-order valence-corrected chi connectivity index (χ1v) is 7.46. The predicted octanol–water partition coefficient (Wildman–Crippen LogP) is 5.67. The molecule has 18 heavy (non-hydrogen) atoms. The maximum absolute atomic E-state index is 6.19. The Hall–Kier alpha value is -0.500. The number of hydrogen-bond acceptors (Lipinski definition) is 0. The van der Waals surface area contributed by atoms with E-state index in [0.717, 1.165) is 21.5 Å². The van der Waals surface area contributed by atoms with Crippen molar-refractivity contribution in [1.29, 1.82) is 0 Å². The maximum atomic E-state index is 6.19. The summed E-state index contributed by atoms with van der Waals surface area (Å²) < 4.78 is 1.08. The molecule has 0 spiro atoms. The van der Waals surface area contributed by atoms with Crippen molar-refractivity contribution in [2.45, 2.75) is 12.3 Å². The molecule has 0 N–H and O–H groups in total. The molecule has 0 aromatic heterocycles. The number of alkyl halides is 1. The van der Waals surface area contributed by atoms with Gasteiger partial charge in [0.2, 0.25) is 0 Å². The van der Waals surface area contributed by atoms with Gasteiger partial charge in [0, 0.05) is 21.3 Å². The van der Waals surface area contributed by atoms with Crippen LogP contribution in [0, 0.1) is 0 Å². The molecule has 1 atom stereocenters. The van der Waals surface area contributed by atoms with Gasteiger partial charge in [0.05, 0.1) is 0 Å². The fraction of sp³-hybridized carbons (Fsp3) is 0.200. The second-order valence-corrected chi connectivity index (χ2v) is 5.83. The topological polar surface area (TPSA) is 0 Å². The lowest BCUT2D eigenvalue weighted by atomic mass is 9.93. The Kier molecular flexibility index (Phi) is 5.11. The maximum Gasteiger partial charge on any atom is 0.0438 e. The average molecular weight is 344 g/mol. The van der Waals surface area contributed by atoms with Crippen molar-refractivity contribution in [1.82, 2.24) is 0 Å². The van der Waals surface area contributed by atoms with Gasteiger partial charge in [0.1, 0.15) is 0 Å². The molecule has 0 aliphatic carbocycles. The monoisotopic (exact) mass is 342 g/mol. The first kappa shape index (κ1) is 13.9. The summed E-state index contributed by atoms with van der Waals surface area (Å²) in [7, 11) is 0. The van der Waals surface area contributed by atoms with Gasteiger partial charge in [-0.2, -0.15) is 0 Å². The van der Waals surface area contributed by atoms with E-state index in [-0.39, 0.29) is 0 Å². The van der Waals surface area contributed by atoms with Crippen molar-refractivity contribution in [2.75, 3.05) is 5.88 Å². The third kappa shape index (κ3) is 3.50. The Morgan fingerprint density at radius 1 is 1.00 bits per heavy atom. The molecule has 0 aliphatic heterocycles. The zero-order valence-electron chi connectivity index (χ0n) is 9.74. The highest BCUT2D eigenvalue weighted by atomic mass is 79.9. The molecule has 0 saturated heterocycles. The minimum Gasteiger partial charge on any atom is -0.126 e. The SMILES string of the molecule is ClCC(Cc1ccccc1Cl)c1ccc(Br)cc1. The van der Waals surface area contributed by atoms with Gasteiger partial charge in [-0.1, -0.05) is 57.9 Å². The van der Waals surface area contributed by atoms with E-state index in [1.807, 2.05) is 30.3 Å². The fourth-order valence-corrected chi connectivity index (χ4v) is 2.69. The molecular weight excluding hydrogens is 331 g/mol. The van der Waals surface area contributed by atoms with Crippen LogP contribution in [-0.2, 0) is 6.42 Å². The van der Waals surface area contributed by atoms with Crippen molar-refractivity contribution in [3.8, 4) is 0 Å². The molecule has 94 valence electrons. The smallest absolute Gasteiger partial charge is 0.0438 e. The van der Waals surface area contributed by atoms with Crippen LogP contribution in [0.15, 0.2) is 53.0 Å². The fourth-order valence-electron chi connectivity index (χ4n) is 1.93. The van der Waals surface area contributed by atoms with E-state index < -0.39 is 0 Å². The first-order valence-electron chi connectivity index (χ1n) is 5.75. The quantitative estimate of drug-likeness (QED) is 0.627. The summed E-state index contributed by atoms with van der Waals surface area (Å²) in [6, 6.07) is 16.2. The van der Waals surface area contributed by atoms with E-state index in [4.69, 9.17) is 23.2 Å². The van der Waals surface area contributed by atoms with E-state index in [9.17, 15) is 0 Å². The van der Waals surface area contributed by atoms with E-state index in [1.165, 1.54) is 5.56 Å². The second-order valence-electron chi connectivity index (χ2n) is 4.20. The highest BCUT2D eigenvalue weighted by molar-refractivity contribution is 9.10. The summed E-state index contributed by atoms with van der Waals surface area (Å²) in [6.07, 6.45) is 0.866. The molecule has 0 radical (unpaired) electrons. The number of halogens is 3. The van der Waals surface area contributed by atoms with Gasteiger partial charge in [-0.05, 0) is 35.7 Å². The van der Waals surface area contributed by atoms with E-state index in [2.05, 4.69) is 34.1 Å². The standard InChI is InChI=1S/C15H13BrCl2/c16-14-7-5-11(6-8-14)13(10-17)9-12-3-1-2-4-15(12)18/h1-8,13H,9-10H2. The highest BCUT2D eigenvalue weighted by Gasteiger charge is 2.12. The van der Waals surface area contributed by atoms with E-state index >= 15 is 0 Å². The Bertz CT molecular complexity index is 508. The average Bonchev–Trinajstić information content (AvgIpc) is 2.39. The third-order valence-corrected chi connectivity index (χ3v) is 4.22. The molecule has 0 aliphatic rings. The van der Waals surface area contributed by atoms with Gasteiger partial charge >= 0.3 is 0 Å². The Morgan fingerprint density at radius 2 is 1.67 bits per heavy atom. The molecule has 0 heterocycles. The van der Waals surface area contributed by atoms with E-state index in [1.54, 1.807) is 0 Å². The molecule has 3 heteroatoms. The molecular formula is C15H13BrCl2. The molecule has 0 fully saturated rings. The lowest BCUT2D eigenvalue weighted by Gasteiger charge is -2.15. The van der Waals surface area contributed by atoms with Gasteiger partial charge in [-0.15, -0.1) is 11.6 Å². The Balaban J connectivity index is 2.20. The van der Waals surface area contributed by atoms with Gasteiger partial charge in [0.25, 0.3) is 0 Å². The van der Waals surface area contributed by atoms with Crippen LogP contribution in [0.25, 0.3) is 0 Å². The van der Waals surface area contributed by atoms with Crippen LogP contribution in [0.4, 0.5) is 0 Å². The molecule has 2 aromatic carbocycles. The van der Waals surface area contributed by atoms with Crippen molar-refractivity contribution in [3.63, 3.8) is 0 Å². The number of benzene rings is 2. The van der Waals surface area contributed by atoms with Gasteiger partial charge in [-0.3, -0.25) is 0 Å². The van der Waals surface area contributed by atoms with Crippen LogP contribution in [0.5, 0.6) is 0 Å². The second kappa shape index (κ2) is 6.60. The number of rotatable bonds is 4. The lowest BCUT2D eigenvalue weighted by Crippen LogP contribution is -2.05. The lowest BCUT2D eigenvalue weighted by molar-refractivity contribution is 0.766. The largest absolute Gasteiger partial charge is 0.126 e. The van der Waals surface area contributed by atoms with Crippen molar-refractivity contribution in [3.05, 3.63) is 69.2 Å². The van der Waals surface area contributed by atoms with Crippen LogP contribution in [0.2, 0.25) is 5.02 Å². The molecule has 0 saturated carbocycles. The third-order valence-electron chi connectivity index (χ3n) is 2.95. The minimum atomic E-state index is 0.291. The minimum absolute atomic E-state index is 0.291. The molecule has 0 bridgehead atoms. The number of hydrogen-bond donors (Lipinski definition) is 0. The van der Waals surface area contributed by atoms with Crippen LogP contribution in [0.3, 0.4) is 0 Å². The zero-order valence-corrected chi connectivity index (χ0v) is 12.8. The summed E-state index contributed by atoms with van der Waals surface area (Å²) in [5, 5.41) is 0.810. The molecule has 0 amide bonds. The zero-order chi connectivity index (χ0) is 13.0. The van der Waals surface area contributed by atoms with Gasteiger partial charge < -0.3 is 0 Å². The summed E-state index contributed by atoms with van der Waals surface area (Å²) in [6.45, 7) is 0. The molecule has 2 aromatic rings. The summed E-state index contributed by atoms with van der Waals surface area (Å²) >= 11 is 15.7. The van der Waals surface area contributed by atoms with Crippen LogP contribution >= 0.6 is 39.1 Å². The van der Waals surface area contributed by atoms with Crippen LogP contribution in [0.1, 0.15) is 17.0 Å².